The summed E-state index contributed by atoms with van der Waals surface area (Å²) in [7, 11) is 0. The Hall–Kier alpha value is -7.63. The Morgan fingerprint density at radius 3 is 1.27 bits per heavy atom. The van der Waals surface area contributed by atoms with E-state index in [4.69, 9.17) is 19.9 Å². The molecule has 0 saturated heterocycles. The molecule has 0 aliphatic heterocycles. The first kappa shape index (κ1) is 31.9. The molecule has 6 aromatic carbocycles. The highest BCUT2D eigenvalue weighted by atomic mass is 14.8. The van der Waals surface area contributed by atoms with Crippen LogP contribution in [0.15, 0.2) is 188 Å². The van der Waals surface area contributed by atoms with Gasteiger partial charge in [0.25, 0.3) is 0 Å². The number of rotatable bonds is 5. The Bertz CT molecular complexity index is 3310. The average molecular weight is 714 g/mol. The first-order valence-electron chi connectivity index (χ1n) is 18.7. The summed E-state index contributed by atoms with van der Waals surface area (Å²) in [5.41, 5.74) is 13.9. The van der Waals surface area contributed by atoms with Crippen LogP contribution in [0.1, 0.15) is 0 Å². The lowest BCUT2D eigenvalue weighted by Gasteiger charge is -2.10. The van der Waals surface area contributed by atoms with Crippen LogP contribution in [0.2, 0.25) is 0 Å². The molecule has 0 bridgehead atoms. The van der Waals surface area contributed by atoms with Gasteiger partial charge in [-0.05, 0) is 82.6 Å². The molecule has 56 heavy (non-hydrogen) atoms. The van der Waals surface area contributed by atoms with E-state index < -0.39 is 0 Å². The van der Waals surface area contributed by atoms with Gasteiger partial charge in [-0.1, -0.05) is 115 Å². The SMILES string of the molecule is c1ccc(-c2ccc3ccc4ccc(-c5ccc6cc(-c7ccc8ccc(-c9ccc%10ccc(-c%11ccncc%11)nc%10c9)nc8c7)ccc6c5)nc4c3n2)cc1. The van der Waals surface area contributed by atoms with Gasteiger partial charge in [0.1, 0.15) is 0 Å². The number of benzene rings is 6. The Kier molecular flexibility index (Phi) is 7.42. The number of fused-ring (bicyclic) bond motifs is 6. The maximum absolute atomic E-state index is 5.19. The van der Waals surface area contributed by atoms with Crippen molar-refractivity contribution in [3.8, 4) is 56.2 Å². The molecule has 5 nitrogen and oxygen atoms in total. The van der Waals surface area contributed by atoms with Crippen molar-refractivity contribution in [3.63, 3.8) is 0 Å². The summed E-state index contributed by atoms with van der Waals surface area (Å²) in [6.45, 7) is 0. The Morgan fingerprint density at radius 2 is 0.643 bits per heavy atom. The van der Waals surface area contributed by atoms with E-state index >= 15 is 0 Å². The minimum absolute atomic E-state index is 0.911. The molecule has 260 valence electrons. The fraction of sp³-hybridized carbons (Fsp3) is 0. The van der Waals surface area contributed by atoms with E-state index in [9.17, 15) is 0 Å². The topological polar surface area (TPSA) is 64.5 Å². The second kappa shape index (κ2) is 13.0. The van der Waals surface area contributed by atoms with Crippen molar-refractivity contribution in [2.24, 2.45) is 0 Å². The Morgan fingerprint density at radius 1 is 0.250 bits per heavy atom. The van der Waals surface area contributed by atoms with E-state index in [1.807, 2.05) is 30.3 Å². The van der Waals surface area contributed by atoms with Gasteiger partial charge in [0.05, 0.1) is 44.8 Å². The summed E-state index contributed by atoms with van der Waals surface area (Å²) >= 11 is 0. The fourth-order valence-electron chi connectivity index (χ4n) is 7.70. The summed E-state index contributed by atoms with van der Waals surface area (Å²) in [5, 5.41) is 6.68. The molecular weight excluding hydrogens is 683 g/mol. The molecule has 0 atom stereocenters. The lowest BCUT2D eigenvalue weighted by molar-refractivity contribution is 1.31. The summed E-state index contributed by atoms with van der Waals surface area (Å²) in [4.78, 5) is 24.5. The van der Waals surface area contributed by atoms with Gasteiger partial charge in [0.2, 0.25) is 0 Å². The van der Waals surface area contributed by atoms with Crippen LogP contribution in [0, 0.1) is 0 Å². The highest BCUT2D eigenvalue weighted by Gasteiger charge is 2.11. The van der Waals surface area contributed by atoms with Crippen molar-refractivity contribution in [2.45, 2.75) is 0 Å². The molecule has 5 heterocycles. The first-order valence-corrected chi connectivity index (χ1v) is 18.7. The lowest BCUT2D eigenvalue weighted by atomic mass is 9.98. The maximum Gasteiger partial charge on any atom is 0.0972 e. The number of hydrogen-bond acceptors (Lipinski definition) is 5. The molecule has 0 aliphatic rings. The van der Waals surface area contributed by atoms with Crippen molar-refractivity contribution in [1.82, 2.24) is 24.9 Å². The average Bonchev–Trinajstić information content (AvgIpc) is 3.28. The molecule has 5 heteroatoms. The summed E-state index contributed by atoms with van der Waals surface area (Å²) in [6, 6.07) is 61.6. The molecule has 0 aliphatic carbocycles. The summed E-state index contributed by atoms with van der Waals surface area (Å²) in [5.74, 6) is 0. The normalized spacial score (nSPS) is 11.6. The van der Waals surface area contributed by atoms with E-state index in [1.165, 1.54) is 5.39 Å². The van der Waals surface area contributed by atoms with Crippen LogP contribution in [0.3, 0.4) is 0 Å². The molecule has 0 N–H and O–H groups in total. The van der Waals surface area contributed by atoms with Crippen LogP contribution in [-0.4, -0.2) is 24.9 Å². The highest BCUT2D eigenvalue weighted by molar-refractivity contribution is 6.04. The third-order valence-corrected chi connectivity index (χ3v) is 10.7. The molecule has 11 rings (SSSR count). The number of aromatic nitrogens is 5. The van der Waals surface area contributed by atoms with Gasteiger partial charge in [0.15, 0.2) is 0 Å². The number of hydrogen-bond donors (Lipinski definition) is 0. The van der Waals surface area contributed by atoms with Crippen LogP contribution in [0.4, 0.5) is 0 Å². The summed E-state index contributed by atoms with van der Waals surface area (Å²) in [6.07, 6.45) is 3.59. The van der Waals surface area contributed by atoms with Crippen LogP contribution in [-0.2, 0) is 0 Å². The van der Waals surface area contributed by atoms with Crippen LogP contribution >= 0.6 is 0 Å². The molecule has 0 radical (unpaired) electrons. The van der Waals surface area contributed by atoms with Gasteiger partial charge >= 0.3 is 0 Å². The second-order valence-corrected chi connectivity index (χ2v) is 14.2. The number of pyridine rings is 5. The van der Waals surface area contributed by atoms with Gasteiger partial charge in [-0.25, -0.2) is 19.9 Å². The minimum atomic E-state index is 0.911. The quantitative estimate of drug-likeness (QED) is 0.166. The predicted molar refractivity (Wildman–Crippen MR) is 230 cm³/mol. The molecule has 0 spiro atoms. The molecule has 0 unspecified atom stereocenters. The lowest BCUT2D eigenvalue weighted by Crippen LogP contribution is -1.91. The molecule has 11 aromatic rings. The van der Waals surface area contributed by atoms with Crippen LogP contribution in [0.5, 0.6) is 0 Å². The van der Waals surface area contributed by atoms with Crippen molar-refractivity contribution in [3.05, 3.63) is 188 Å². The molecule has 5 aromatic heterocycles. The molecule has 0 fully saturated rings. The van der Waals surface area contributed by atoms with Gasteiger partial charge in [-0.15, -0.1) is 0 Å². The van der Waals surface area contributed by atoms with Gasteiger partial charge in [-0.3, -0.25) is 4.98 Å². The minimum Gasteiger partial charge on any atom is -0.265 e. The summed E-state index contributed by atoms with van der Waals surface area (Å²) < 4.78 is 0. The van der Waals surface area contributed by atoms with Gasteiger partial charge in [0, 0.05) is 56.2 Å². The molecule has 0 saturated carbocycles. The molecule has 0 amide bonds. The van der Waals surface area contributed by atoms with E-state index in [2.05, 4.69) is 151 Å². The smallest absolute Gasteiger partial charge is 0.0972 e. The third kappa shape index (κ3) is 5.70. The molecular formula is C51H31N5. The highest BCUT2D eigenvalue weighted by Crippen LogP contribution is 2.33. The largest absolute Gasteiger partial charge is 0.265 e. The Balaban J connectivity index is 0.912. The second-order valence-electron chi connectivity index (χ2n) is 14.2. The van der Waals surface area contributed by atoms with Gasteiger partial charge in [-0.2, -0.15) is 0 Å². The van der Waals surface area contributed by atoms with Crippen molar-refractivity contribution in [1.29, 1.82) is 0 Å². The zero-order valence-electron chi connectivity index (χ0n) is 30.1. The standard InChI is InChI=1S/C51H31N5/c1-2-4-32(5-3-1)45-22-18-36-8-9-37-19-23-47(56-51(37)50(36)55-45)42-15-13-38-28-39(11-12-40(38)29-42)41-10-6-33-17-21-46(54-48(33)30-41)43-14-7-34-16-20-44(53-49(34)31-43)35-24-26-52-27-25-35/h1-31H. The Labute approximate surface area is 322 Å². The first-order chi connectivity index (χ1) is 27.7. The zero-order valence-corrected chi connectivity index (χ0v) is 30.1. The van der Waals surface area contributed by atoms with Crippen LogP contribution < -0.4 is 0 Å². The van der Waals surface area contributed by atoms with Crippen LogP contribution in [0.25, 0.3) is 111 Å². The maximum atomic E-state index is 5.19. The van der Waals surface area contributed by atoms with E-state index in [-0.39, 0.29) is 0 Å². The fourth-order valence-corrected chi connectivity index (χ4v) is 7.70. The van der Waals surface area contributed by atoms with E-state index in [0.717, 1.165) is 105 Å². The van der Waals surface area contributed by atoms with Crippen molar-refractivity contribution < 1.29 is 0 Å². The van der Waals surface area contributed by atoms with E-state index in [0.29, 0.717) is 0 Å². The predicted octanol–water partition coefficient (Wildman–Crippen LogP) is 12.8. The zero-order chi connectivity index (χ0) is 37.0. The van der Waals surface area contributed by atoms with Crippen molar-refractivity contribution in [2.75, 3.05) is 0 Å². The monoisotopic (exact) mass is 713 g/mol. The van der Waals surface area contributed by atoms with E-state index in [1.54, 1.807) is 12.4 Å². The number of nitrogens with zero attached hydrogens (tertiary/aromatic N) is 5. The van der Waals surface area contributed by atoms with Crippen molar-refractivity contribution >= 4 is 54.4 Å². The third-order valence-electron chi connectivity index (χ3n) is 10.7. The van der Waals surface area contributed by atoms with Gasteiger partial charge < -0.3 is 0 Å².